The highest BCUT2D eigenvalue weighted by atomic mass is 16.5. The van der Waals surface area contributed by atoms with Crippen molar-refractivity contribution in [2.75, 3.05) is 47.4 Å². The van der Waals surface area contributed by atoms with Gasteiger partial charge in [-0.25, -0.2) is 0 Å². The van der Waals surface area contributed by atoms with Gasteiger partial charge in [-0.15, -0.1) is 0 Å². The number of likely N-dealkylation sites (N-methyl/N-ethyl adjacent to an activating group) is 2. The highest BCUT2D eigenvalue weighted by Crippen LogP contribution is 2.21. The summed E-state index contributed by atoms with van der Waals surface area (Å²) < 4.78 is 5.19. The predicted octanol–water partition coefficient (Wildman–Crippen LogP) is 0.766. The van der Waals surface area contributed by atoms with E-state index in [2.05, 4.69) is 30.8 Å². The molecule has 2 atom stereocenters. The first-order valence-corrected chi connectivity index (χ1v) is 6.64. The molecular weight excluding hydrogens is 214 g/mol. The Hall–Kier alpha value is -0.160. The first-order chi connectivity index (χ1) is 8.03. The normalized spacial score (nSPS) is 25.4. The summed E-state index contributed by atoms with van der Waals surface area (Å²) in [4.78, 5) is 4.88. The summed E-state index contributed by atoms with van der Waals surface area (Å²) in [6.07, 6.45) is 3.63. The number of methoxy groups -OCH3 is 1. The van der Waals surface area contributed by atoms with E-state index in [-0.39, 0.29) is 5.54 Å². The van der Waals surface area contributed by atoms with Crippen molar-refractivity contribution >= 4 is 0 Å². The van der Waals surface area contributed by atoms with Crippen LogP contribution < -0.4 is 5.73 Å². The molecule has 102 valence electrons. The van der Waals surface area contributed by atoms with E-state index < -0.39 is 0 Å². The molecule has 2 unspecified atom stereocenters. The number of hydrogen-bond donors (Lipinski definition) is 1. The van der Waals surface area contributed by atoms with Crippen molar-refractivity contribution in [3.8, 4) is 0 Å². The average molecular weight is 243 g/mol. The SMILES string of the molecule is COCCC(C)(CN)N(C)CC1CCCN1C. The van der Waals surface area contributed by atoms with E-state index in [1.165, 1.54) is 19.4 Å². The van der Waals surface area contributed by atoms with Gasteiger partial charge in [-0.1, -0.05) is 0 Å². The van der Waals surface area contributed by atoms with Crippen molar-refractivity contribution in [2.24, 2.45) is 5.73 Å². The summed E-state index contributed by atoms with van der Waals surface area (Å²) in [6, 6.07) is 0.688. The highest BCUT2D eigenvalue weighted by molar-refractivity contribution is 4.89. The number of hydrogen-bond acceptors (Lipinski definition) is 4. The van der Waals surface area contributed by atoms with Gasteiger partial charge >= 0.3 is 0 Å². The maximum Gasteiger partial charge on any atom is 0.0480 e. The van der Waals surface area contributed by atoms with Gasteiger partial charge in [0.2, 0.25) is 0 Å². The molecule has 17 heavy (non-hydrogen) atoms. The molecule has 0 aromatic carbocycles. The summed E-state index contributed by atoms with van der Waals surface area (Å²) in [5.41, 5.74) is 6.00. The molecule has 4 heteroatoms. The Morgan fingerprint density at radius 2 is 2.24 bits per heavy atom. The highest BCUT2D eigenvalue weighted by Gasteiger charge is 2.31. The van der Waals surface area contributed by atoms with Gasteiger partial charge in [-0.3, -0.25) is 4.90 Å². The Morgan fingerprint density at radius 1 is 1.53 bits per heavy atom. The summed E-state index contributed by atoms with van der Waals surface area (Å²) in [5, 5.41) is 0. The summed E-state index contributed by atoms with van der Waals surface area (Å²) in [7, 11) is 6.16. The fourth-order valence-corrected chi connectivity index (χ4v) is 2.52. The second kappa shape index (κ2) is 6.69. The lowest BCUT2D eigenvalue weighted by molar-refractivity contribution is 0.0717. The largest absolute Gasteiger partial charge is 0.385 e. The summed E-state index contributed by atoms with van der Waals surface area (Å²) >= 11 is 0. The van der Waals surface area contributed by atoms with Crippen molar-refractivity contribution in [1.82, 2.24) is 9.80 Å². The van der Waals surface area contributed by atoms with Crippen LogP contribution in [0.3, 0.4) is 0 Å². The van der Waals surface area contributed by atoms with Crippen LogP contribution in [0.15, 0.2) is 0 Å². The zero-order valence-corrected chi connectivity index (χ0v) is 11.9. The molecule has 1 aliphatic heterocycles. The molecule has 0 aromatic heterocycles. The predicted molar refractivity (Wildman–Crippen MR) is 72.2 cm³/mol. The molecule has 1 heterocycles. The van der Waals surface area contributed by atoms with Crippen molar-refractivity contribution < 1.29 is 4.74 Å². The minimum absolute atomic E-state index is 0.0550. The van der Waals surface area contributed by atoms with Crippen LogP contribution in [-0.4, -0.2) is 68.8 Å². The molecule has 1 fully saturated rings. The lowest BCUT2D eigenvalue weighted by Crippen LogP contribution is -2.53. The van der Waals surface area contributed by atoms with E-state index in [0.717, 1.165) is 19.6 Å². The van der Waals surface area contributed by atoms with E-state index in [1.807, 2.05) is 0 Å². The minimum Gasteiger partial charge on any atom is -0.385 e. The number of ether oxygens (including phenoxy) is 1. The topological polar surface area (TPSA) is 41.7 Å². The first-order valence-electron chi connectivity index (χ1n) is 6.64. The summed E-state index contributed by atoms with van der Waals surface area (Å²) in [6.45, 7) is 6.03. The number of nitrogens with two attached hydrogens (primary N) is 1. The Bertz CT molecular complexity index is 225. The second-order valence-electron chi connectivity index (χ2n) is 5.60. The van der Waals surface area contributed by atoms with Crippen molar-refractivity contribution in [1.29, 1.82) is 0 Å². The molecule has 0 amide bonds. The van der Waals surface area contributed by atoms with E-state index in [1.54, 1.807) is 7.11 Å². The van der Waals surface area contributed by atoms with Crippen LogP contribution in [-0.2, 0) is 4.74 Å². The van der Waals surface area contributed by atoms with Crippen LogP contribution in [0.4, 0.5) is 0 Å². The molecule has 1 aliphatic rings. The molecule has 1 rings (SSSR count). The maximum absolute atomic E-state index is 5.95. The zero-order chi connectivity index (χ0) is 12.9. The fraction of sp³-hybridized carbons (Fsp3) is 1.00. The van der Waals surface area contributed by atoms with Crippen LogP contribution in [0.1, 0.15) is 26.2 Å². The molecule has 0 bridgehead atoms. The zero-order valence-electron chi connectivity index (χ0n) is 11.9. The van der Waals surface area contributed by atoms with E-state index >= 15 is 0 Å². The van der Waals surface area contributed by atoms with Gasteiger partial charge < -0.3 is 15.4 Å². The molecule has 0 radical (unpaired) electrons. The lowest BCUT2D eigenvalue weighted by Gasteiger charge is -2.40. The van der Waals surface area contributed by atoms with Crippen LogP contribution in [0, 0.1) is 0 Å². The minimum atomic E-state index is 0.0550. The standard InChI is InChI=1S/C13H29N3O/c1-13(11-14,7-9-17-4)16(3)10-12-6-5-8-15(12)2/h12H,5-11,14H2,1-4H3. The molecule has 0 spiro atoms. The smallest absolute Gasteiger partial charge is 0.0480 e. The van der Waals surface area contributed by atoms with Gasteiger partial charge in [0.1, 0.15) is 0 Å². The van der Waals surface area contributed by atoms with Gasteiger partial charge in [0.15, 0.2) is 0 Å². The number of nitrogens with zero attached hydrogens (tertiary/aromatic N) is 2. The third-order valence-corrected chi connectivity index (χ3v) is 4.36. The number of likely N-dealkylation sites (tertiary alicyclic amines) is 1. The van der Waals surface area contributed by atoms with Gasteiger partial charge in [0.05, 0.1) is 0 Å². The van der Waals surface area contributed by atoms with Gasteiger partial charge in [0.25, 0.3) is 0 Å². The molecule has 0 aliphatic carbocycles. The van der Waals surface area contributed by atoms with Crippen LogP contribution >= 0.6 is 0 Å². The third kappa shape index (κ3) is 3.91. The Balaban J connectivity index is 2.49. The van der Waals surface area contributed by atoms with Crippen molar-refractivity contribution in [3.63, 3.8) is 0 Å². The van der Waals surface area contributed by atoms with E-state index in [4.69, 9.17) is 10.5 Å². The van der Waals surface area contributed by atoms with Crippen LogP contribution in [0.2, 0.25) is 0 Å². The fourth-order valence-electron chi connectivity index (χ4n) is 2.52. The van der Waals surface area contributed by atoms with Crippen molar-refractivity contribution in [3.05, 3.63) is 0 Å². The van der Waals surface area contributed by atoms with Crippen molar-refractivity contribution in [2.45, 2.75) is 37.8 Å². The molecule has 0 saturated carbocycles. The summed E-state index contributed by atoms with van der Waals surface area (Å²) in [5.74, 6) is 0. The van der Waals surface area contributed by atoms with Gasteiger partial charge in [0, 0.05) is 38.4 Å². The van der Waals surface area contributed by atoms with E-state index in [9.17, 15) is 0 Å². The number of rotatable bonds is 7. The Morgan fingerprint density at radius 3 is 2.71 bits per heavy atom. The first kappa shape index (κ1) is 14.9. The molecule has 0 aromatic rings. The monoisotopic (exact) mass is 243 g/mol. The van der Waals surface area contributed by atoms with Crippen LogP contribution in [0.25, 0.3) is 0 Å². The lowest BCUT2D eigenvalue weighted by atomic mass is 9.95. The molecular formula is C13H29N3O. The maximum atomic E-state index is 5.95. The Kier molecular flexibility index (Phi) is 5.86. The van der Waals surface area contributed by atoms with Gasteiger partial charge in [-0.05, 0) is 46.8 Å². The Labute approximate surface area is 106 Å². The quantitative estimate of drug-likeness (QED) is 0.717. The molecule has 1 saturated heterocycles. The molecule has 2 N–H and O–H groups in total. The van der Waals surface area contributed by atoms with Crippen LogP contribution in [0.5, 0.6) is 0 Å². The van der Waals surface area contributed by atoms with Gasteiger partial charge in [-0.2, -0.15) is 0 Å². The second-order valence-corrected chi connectivity index (χ2v) is 5.60. The van der Waals surface area contributed by atoms with E-state index in [0.29, 0.717) is 12.6 Å². The average Bonchev–Trinajstić information content (AvgIpc) is 2.72. The molecule has 4 nitrogen and oxygen atoms in total. The third-order valence-electron chi connectivity index (χ3n) is 4.36.